The summed E-state index contributed by atoms with van der Waals surface area (Å²) in [4.78, 5) is 0. The summed E-state index contributed by atoms with van der Waals surface area (Å²) in [7, 11) is 1.69. The molecule has 0 aromatic carbocycles. The minimum atomic E-state index is 0.175. The lowest BCUT2D eigenvalue weighted by atomic mass is 10.2. The second-order valence-electron chi connectivity index (χ2n) is 3.26. The van der Waals surface area contributed by atoms with Crippen molar-refractivity contribution in [3.8, 4) is 5.95 Å². The van der Waals surface area contributed by atoms with Gasteiger partial charge in [-0.2, -0.15) is 0 Å². The highest BCUT2D eigenvalue weighted by Crippen LogP contribution is 2.21. The van der Waals surface area contributed by atoms with E-state index in [2.05, 4.69) is 5.32 Å². The van der Waals surface area contributed by atoms with Gasteiger partial charge in [-0.25, -0.2) is 0 Å². The van der Waals surface area contributed by atoms with Gasteiger partial charge in [-0.05, 0) is 19.9 Å². The Morgan fingerprint density at radius 1 is 1.47 bits per heavy atom. The molecule has 0 saturated heterocycles. The van der Waals surface area contributed by atoms with Gasteiger partial charge in [0.25, 0.3) is 5.95 Å². The molecule has 0 amide bonds. The van der Waals surface area contributed by atoms with Crippen LogP contribution in [0.25, 0.3) is 0 Å². The molecule has 0 saturated carbocycles. The van der Waals surface area contributed by atoms with E-state index in [-0.39, 0.29) is 6.04 Å². The Kier molecular flexibility index (Phi) is 5.21. The standard InChI is InChI=1S/C11H19NO3/c1-4-14-11-6-5-10(15-11)9(2)12-7-8-13-3/h5-6,9,12H,4,7-8H2,1-3H3. The van der Waals surface area contributed by atoms with E-state index in [0.29, 0.717) is 19.2 Å². The second-order valence-corrected chi connectivity index (χ2v) is 3.26. The first kappa shape index (κ1) is 12.1. The van der Waals surface area contributed by atoms with Crippen LogP contribution in [0.3, 0.4) is 0 Å². The highest BCUT2D eigenvalue weighted by Gasteiger charge is 2.09. The fraction of sp³-hybridized carbons (Fsp3) is 0.636. The normalized spacial score (nSPS) is 12.7. The Bertz CT molecular complexity index is 273. The zero-order valence-corrected chi connectivity index (χ0v) is 9.58. The van der Waals surface area contributed by atoms with Gasteiger partial charge in [0, 0.05) is 19.7 Å². The third-order valence-corrected chi connectivity index (χ3v) is 2.07. The van der Waals surface area contributed by atoms with Gasteiger partial charge in [-0.1, -0.05) is 0 Å². The number of nitrogens with one attached hydrogen (secondary N) is 1. The van der Waals surface area contributed by atoms with Crippen LogP contribution in [0.1, 0.15) is 25.6 Å². The molecular weight excluding hydrogens is 194 g/mol. The van der Waals surface area contributed by atoms with E-state index < -0.39 is 0 Å². The number of ether oxygens (including phenoxy) is 2. The van der Waals surface area contributed by atoms with Gasteiger partial charge in [0.15, 0.2) is 0 Å². The molecule has 0 aliphatic rings. The maximum Gasteiger partial charge on any atom is 0.284 e. The topological polar surface area (TPSA) is 43.6 Å². The molecule has 0 aliphatic carbocycles. The molecule has 0 bridgehead atoms. The largest absolute Gasteiger partial charge is 0.465 e. The lowest BCUT2D eigenvalue weighted by molar-refractivity contribution is 0.193. The fourth-order valence-electron chi connectivity index (χ4n) is 1.27. The molecule has 0 fully saturated rings. The molecule has 1 heterocycles. The first-order valence-corrected chi connectivity index (χ1v) is 5.22. The predicted molar refractivity (Wildman–Crippen MR) is 58.2 cm³/mol. The number of methoxy groups -OCH3 is 1. The molecule has 1 aromatic rings. The molecule has 1 atom stereocenters. The van der Waals surface area contributed by atoms with Gasteiger partial charge >= 0.3 is 0 Å². The second kappa shape index (κ2) is 6.48. The molecule has 1 unspecified atom stereocenters. The summed E-state index contributed by atoms with van der Waals surface area (Å²) in [5, 5.41) is 3.28. The molecule has 0 spiro atoms. The van der Waals surface area contributed by atoms with E-state index in [1.165, 1.54) is 0 Å². The Labute approximate surface area is 90.6 Å². The molecule has 1 N–H and O–H groups in total. The maximum absolute atomic E-state index is 5.49. The summed E-state index contributed by atoms with van der Waals surface area (Å²) in [6, 6.07) is 3.94. The SMILES string of the molecule is CCOc1ccc(C(C)NCCOC)o1. The summed E-state index contributed by atoms with van der Waals surface area (Å²) < 4.78 is 15.7. The number of rotatable bonds is 7. The lowest BCUT2D eigenvalue weighted by Gasteiger charge is -2.10. The van der Waals surface area contributed by atoms with Gasteiger partial charge in [0.2, 0.25) is 0 Å². The molecule has 15 heavy (non-hydrogen) atoms. The van der Waals surface area contributed by atoms with Crippen LogP contribution in [-0.2, 0) is 4.74 Å². The predicted octanol–water partition coefficient (Wildman–Crippen LogP) is 1.98. The van der Waals surface area contributed by atoms with Gasteiger partial charge in [0.1, 0.15) is 5.76 Å². The number of furan rings is 1. The number of hydrogen-bond donors (Lipinski definition) is 1. The molecule has 0 aliphatic heterocycles. The van der Waals surface area contributed by atoms with Gasteiger partial charge in [-0.3, -0.25) is 0 Å². The average molecular weight is 213 g/mol. The van der Waals surface area contributed by atoms with Crippen molar-refractivity contribution < 1.29 is 13.9 Å². The Morgan fingerprint density at radius 3 is 2.93 bits per heavy atom. The summed E-state index contributed by atoms with van der Waals surface area (Å²) in [5.41, 5.74) is 0. The minimum Gasteiger partial charge on any atom is -0.465 e. The van der Waals surface area contributed by atoms with Crippen molar-refractivity contribution in [2.45, 2.75) is 19.9 Å². The van der Waals surface area contributed by atoms with E-state index >= 15 is 0 Å². The van der Waals surface area contributed by atoms with Crippen LogP contribution in [0.15, 0.2) is 16.5 Å². The third-order valence-electron chi connectivity index (χ3n) is 2.07. The van der Waals surface area contributed by atoms with Crippen LogP contribution >= 0.6 is 0 Å². The van der Waals surface area contributed by atoms with E-state index in [4.69, 9.17) is 13.9 Å². The van der Waals surface area contributed by atoms with Crippen molar-refractivity contribution in [3.63, 3.8) is 0 Å². The molecule has 4 nitrogen and oxygen atoms in total. The Morgan fingerprint density at radius 2 is 2.27 bits per heavy atom. The average Bonchev–Trinajstić information content (AvgIpc) is 2.67. The van der Waals surface area contributed by atoms with E-state index in [1.807, 2.05) is 26.0 Å². The van der Waals surface area contributed by atoms with Crippen LogP contribution in [-0.4, -0.2) is 26.9 Å². The van der Waals surface area contributed by atoms with E-state index in [1.54, 1.807) is 7.11 Å². The zero-order valence-electron chi connectivity index (χ0n) is 9.58. The summed E-state index contributed by atoms with van der Waals surface area (Å²) >= 11 is 0. The van der Waals surface area contributed by atoms with E-state index in [0.717, 1.165) is 12.3 Å². The van der Waals surface area contributed by atoms with Crippen LogP contribution < -0.4 is 10.1 Å². The molecular formula is C11H19NO3. The van der Waals surface area contributed by atoms with Crippen LogP contribution in [0.5, 0.6) is 5.95 Å². The Balaban J connectivity index is 2.39. The summed E-state index contributed by atoms with van der Waals surface area (Å²) in [5.74, 6) is 1.46. The quantitative estimate of drug-likeness (QED) is 0.703. The molecule has 0 radical (unpaired) electrons. The van der Waals surface area contributed by atoms with Crippen molar-refractivity contribution in [1.29, 1.82) is 0 Å². The molecule has 86 valence electrons. The van der Waals surface area contributed by atoms with Crippen molar-refractivity contribution in [1.82, 2.24) is 5.32 Å². The number of hydrogen-bond acceptors (Lipinski definition) is 4. The highest BCUT2D eigenvalue weighted by atomic mass is 16.6. The zero-order chi connectivity index (χ0) is 11.1. The molecule has 1 aromatic heterocycles. The van der Waals surface area contributed by atoms with Crippen LogP contribution in [0.4, 0.5) is 0 Å². The highest BCUT2D eigenvalue weighted by molar-refractivity contribution is 5.14. The monoisotopic (exact) mass is 213 g/mol. The smallest absolute Gasteiger partial charge is 0.284 e. The van der Waals surface area contributed by atoms with Crippen LogP contribution in [0, 0.1) is 0 Å². The van der Waals surface area contributed by atoms with Crippen molar-refractivity contribution in [3.05, 3.63) is 17.9 Å². The van der Waals surface area contributed by atoms with Crippen molar-refractivity contribution in [2.75, 3.05) is 26.9 Å². The minimum absolute atomic E-state index is 0.175. The molecule has 4 heteroatoms. The van der Waals surface area contributed by atoms with Crippen LogP contribution in [0.2, 0.25) is 0 Å². The first-order valence-electron chi connectivity index (χ1n) is 5.22. The van der Waals surface area contributed by atoms with Gasteiger partial charge in [-0.15, -0.1) is 0 Å². The van der Waals surface area contributed by atoms with Gasteiger partial charge < -0.3 is 19.2 Å². The van der Waals surface area contributed by atoms with Crippen molar-refractivity contribution in [2.24, 2.45) is 0 Å². The molecule has 1 rings (SSSR count). The third kappa shape index (κ3) is 3.93. The maximum atomic E-state index is 5.49. The summed E-state index contributed by atoms with van der Waals surface area (Å²) in [6.45, 7) is 6.11. The fourth-order valence-corrected chi connectivity index (χ4v) is 1.27. The Hall–Kier alpha value is -1.00. The first-order chi connectivity index (χ1) is 7.27. The van der Waals surface area contributed by atoms with Gasteiger partial charge in [0.05, 0.1) is 19.3 Å². The lowest BCUT2D eigenvalue weighted by Crippen LogP contribution is -2.22. The van der Waals surface area contributed by atoms with E-state index in [9.17, 15) is 0 Å². The van der Waals surface area contributed by atoms with Crippen molar-refractivity contribution >= 4 is 0 Å². The summed E-state index contributed by atoms with van der Waals surface area (Å²) in [6.07, 6.45) is 0.